The molecule has 0 saturated heterocycles. The lowest BCUT2D eigenvalue weighted by Gasteiger charge is -2.34. The Hall–Kier alpha value is -0.570. The summed E-state index contributed by atoms with van der Waals surface area (Å²) in [4.78, 5) is 13.0. The van der Waals surface area contributed by atoms with E-state index in [9.17, 15) is 4.79 Å². The lowest BCUT2D eigenvalue weighted by atomic mass is 9.94. The summed E-state index contributed by atoms with van der Waals surface area (Å²) in [5.41, 5.74) is -0.630. The van der Waals surface area contributed by atoms with Crippen molar-refractivity contribution in [2.75, 3.05) is 13.6 Å². The van der Waals surface area contributed by atoms with E-state index in [2.05, 4.69) is 0 Å². The average Bonchev–Trinajstić information content (AvgIpc) is 2.83. The van der Waals surface area contributed by atoms with Gasteiger partial charge in [-0.2, -0.15) is 0 Å². The van der Waals surface area contributed by atoms with Crippen molar-refractivity contribution in [3.8, 4) is 0 Å². The molecule has 1 aliphatic carbocycles. The number of likely N-dealkylation sites (N-methyl/N-ethyl adjacent to an activating group) is 1. The summed E-state index contributed by atoms with van der Waals surface area (Å²) >= 11 is 0. The molecule has 0 aromatic heterocycles. The van der Waals surface area contributed by atoms with Crippen molar-refractivity contribution in [1.82, 2.24) is 4.90 Å². The molecule has 0 amide bonds. The molecule has 1 rings (SSSR count). The molecule has 70 valence electrons. The molecule has 1 aliphatic rings. The van der Waals surface area contributed by atoms with Gasteiger partial charge in [0.1, 0.15) is 5.54 Å². The number of nitrogens with zero attached hydrogens (tertiary/aromatic N) is 1. The molecule has 3 heteroatoms. The van der Waals surface area contributed by atoms with Gasteiger partial charge >= 0.3 is 5.97 Å². The molecule has 0 aliphatic heterocycles. The summed E-state index contributed by atoms with van der Waals surface area (Å²) < 4.78 is 0. The average molecular weight is 171 g/mol. The van der Waals surface area contributed by atoms with Gasteiger partial charge in [-0.15, -0.1) is 0 Å². The van der Waals surface area contributed by atoms with E-state index in [1.54, 1.807) is 0 Å². The standard InChI is InChI=1S/C9H17NO2/c1-4-10(3)9(2,8(11)12)7-5-6-7/h7H,4-6H2,1-3H3,(H,11,12). The van der Waals surface area contributed by atoms with Crippen LogP contribution in [0.3, 0.4) is 0 Å². The summed E-state index contributed by atoms with van der Waals surface area (Å²) in [5.74, 6) is -0.325. The first kappa shape index (κ1) is 9.52. The zero-order chi connectivity index (χ0) is 9.35. The normalized spacial score (nSPS) is 22.3. The molecular weight excluding hydrogens is 154 g/mol. The molecule has 0 bridgehead atoms. The molecule has 0 spiro atoms. The van der Waals surface area contributed by atoms with Crippen LogP contribution in [-0.4, -0.2) is 35.1 Å². The van der Waals surface area contributed by atoms with Gasteiger partial charge in [0.25, 0.3) is 0 Å². The highest BCUT2D eigenvalue weighted by Crippen LogP contribution is 2.42. The van der Waals surface area contributed by atoms with E-state index in [1.165, 1.54) is 0 Å². The fourth-order valence-electron chi connectivity index (χ4n) is 1.62. The molecule has 1 unspecified atom stereocenters. The summed E-state index contributed by atoms with van der Waals surface area (Å²) in [6.45, 7) is 4.61. The molecule has 1 N–H and O–H groups in total. The number of carboxylic acid groups (broad SMARTS) is 1. The lowest BCUT2D eigenvalue weighted by molar-refractivity contribution is -0.151. The minimum atomic E-state index is -0.686. The Balaban J connectivity index is 2.77. The van der Waals surface area contributed by atoms with Crippen molar-refractivity contribution >= 4 is 5.97 Å². The zero-order valence-corrected chi connectivity index (χ0v) is 8.00. The molecule has 3 nitrogen and oxygen atoms in total. The van der Waals surface area contributed by atoms with Crippen molar-refractivity contribution in [3.63, 3.8) is 0 Å². The smallest absolute Gasteiger partial charge is 0.324 e. The maximum Gasteiger partial charge on any atom is 0.324 e. The third kappa shape index (κ3) is 1.33. The van der Waals surface area contributed by atoms with Gasteiger partial charge in [-0.25, -0.2) is 0 Å². The first-order valence-corrected chi connectivity index (χ1v) is 4.48. The van der Waals surface area contributed by atoms with E-state index < -0.39 is 11.5 Å². The molecule has 1 fully saturated rings. The predicted molar refractivity (Wildman–Crippen MR) is 47.1 cm³/mol. The highest BCUT2D eigenvalue weighted by Gasteiger charge is 2.49. The van der Waals surface area contributed by atoms with Gasteiger partial charge in [0.15, 0.2) is 0 Å². The Morgan fingerprint density at radius 2 is 2.17 bits per heavy atom. The van der Waals surface area contributed by atoms with Crippen molar-refractivity contribution in [2.24, 2.45) is 5.92 Å². The third-order valence-corrected chi connectivity index (χ3v) is 3.07. The number of aliphatic carboxylic acids is 1. The van der Waals surface area contributed by atoms with Crippen molar-refractivity contribution < 1.29 is 9.90 Å². The number of rotatable bonds is 4. The van der Waals surface area contributed by atoms with Crippen LogP contribution in [0.4, 0.5) is 0 Å². The van der Waals surface area contributed by atoms with Crippen LogP contribution in [0.25, 0.3) is 0 Å². The molecule has 0 radical (unpaired) electrons. The zero-order valence-electron chi connectivity index (χ0n) is 8.00. The van der Waals surface area contributed by atoms with Crippen LogP contribution in [0, 0.1) is 5.92 Å². The van der Waals surface area contributed by atoms with Crippen LogP contribution in [0.5, 0.6) is 0 Å². The minimum Gasteiger partial charge on any atom is -0.480 e. The quantitative estimate of drug-likeness (QED) is 0.690. The Labute approximate surface area is 73.4 Å². The van der Waals surface area contributed by atoms with Crippen LogP contribution in [0.15, 0.2) is 0 Å². The Kier molecular flexibility index (Phi) is 2.42. The number of hydrogen-bond acceptors (Lipinski definition) is 2. The van der Waals surface area contributed by atoms with Crippen LogP contribution in [-0.2, 0) is 4.79 Å². The number of carbonyl (C=O) groups is 1. The minimum absolute atomic E-state index is 0.361. The summed E-state index contributed by atoms with van der Waals surface area (Å²) in [5, 5.41) is 9.10. The van der Waals surface area contributed by atoms with Gasteiger partial charge in [-0.1, -0.05) is 6.92 Å². The van der Waals surface area contributed by atoms with E-state index in [4.69, 9.17) is 5.11 Å². The molecule has 0 aromatic carbocycles. The summed E-state index contributed by atoms with van der Waals surface area (Å²) in [6.07, 6.45) is 2.13. The lowest BCUT2D eigenvalue weighted by Crippen LogP contribution is -2.52. The van der Waals surface area contributed by atoms with Crippen LogP contribution < -0.4 is 0 Å². The van der Waals surface area contributed by atoms with Crippen molar-refractivity contribution in [3.05, 3.63) is 0 Å². The molecule has 12 heavy (non-hydrogen) atoms. The van der Waals surface area contributed by atoms with E-state index in [-0.39, 0.29) is 0 Å². The van der Waals surface area contributed by atoms with Crippen LogP contribution in [0.1, 0.15) is 26.7 Å². The van der Waals surface area contributed by atoms with E-state index in [0.29, 0.717) is 5.92 Å². The summed E-state index contributed by atoms with van der Waals surface area (Å²) in [7, 11) is 1.88. The third-order valence-electron chi connectivity index (χ3n) is 3.07. The van der Waals surface area contributed by atoms with Gasteiger partial charge in [-0.05, 0) is 39.3 Å². The first-order valence-electron chi connectivity index (χ1n) is 4.48. The summed E-state index contributed by atoms with van der Waals surface area (Å²) in [6, 6.07) is 0. The first-order chi connectivity index (χ1) is 5.53. The van der Waals surface area contributed by atoms with Crippen LogP contribution in [0.2, 0.25) is 0 Å². The monoisotopic (exact) mass is 171 g/mol. The Bertz CT molecular complexity index is 189. The van der Waals surface area contributed by atoms with Crippen molar-refractivity contribution in [1.29, 1.82) is 0 Å². The van der Waals surface area contributed by atoms with Gasteiger partial charge in [0.2, 0.25) is 0 Å². The Morgan fingerprint density at radius 3 is 2.42 bits per heavy atom. The molecule has 1 atom stereocenters. The number of hydrogen-bond donors (Lipinski definition) is 1. The number of carboxylic acids is 1. The largest absolute Gasteiger partial charge is 0.480 e. The van der Waals surface area contributed by atoms with Gasteiger partial charge < -0.3 is 5.11 Å². The fourth-order valence-corrected chi connectivity index (χ4v) is 1.62. The predicted octanol–water partition coefficient (Wildman–Crippen LogP) is 1.19. The fraction of sp³-hybridized carbons (Fsp3) is 0.889. The van der Waals surface area contributed by atoms with Gasteiger partial charge in [0.05, 0.1) is 0 Å². The second kappa shape index (κ2) is 3.05. The van der Waals surface area contributed by atoms with E-state index in [1.807, 2.05) is 25.8 Å². The highest BCUT2D eigenvalue weighted by molar-refractivity contribution is 5.79. The van der Waals surface area contributed by atoms with E-state index in [0.717, 1.165) is 19.4 Å². The Morgan fingerprint density at radius 1 is 1.67 bits per heavy atom. The van der Waals surface area contributed by atoms with E-state index >= 15 is 0 Å². The van der Waals surface area contributed by atoms with Gasteiger partial charge in [-0.3, -0.25) is 9.69 Å². The van der Waals surface area contributed by atoms with Crippen LogP contribution >= 0.6 is 0 Å². The topological polar surface area (TPSA) is 40.5 Å². The van der Waals surface area contributed by atoms with Gasteiger partial charge in [0, 0.05) is 0 Å². The second-order valence-corrected chi connectivity index (χ2v) is 3.74. The molecule has 1 saturated carbocycles. The maximum absolute atomic E-state index is 11.1. The highest BCUT2D eigenvalue weighted by atomic mass is 16.4. The maximum atomic E-state index is 11.1. The van der Waals surface area contributed by atoms with Crippen molar-refractivity contribution in [2.45, 2.75) is 32.2 Å². The molecular formula is C9H17NO2. The molecule has 0 aromatic rings. The molecule has 0 heterocycles. The second-order valence-electron chi connectivity index (χ2n) is 3.74. The SMILES string of the molecule is CCN(C)C(C)(C(=O)O)C1CC1.